The van der Waals surface area contributed by atoms with Crippen LogP contribution in [0.3, 0.4) is 0 Å². The second-order valence-electron chi connectivity index (χ2n) is 15.6. The Hall–Kier alpha value is -0.650. The number of methoxy groups -OCH3 is 1. The standard InChI is InChI=1S/C18H34O2.C17H30O3/c1-13(7-5-11-17(2,3)20)14-9-10-15-16(19)8-6-12-18(14,15)4;1-12(6-4-8-16(19)20-3)13-9-10-14-15(18)7-5-11-17(13,14)2/h13-16,19-20H,5-12H2,1-4H3;12-15,18H,4-11H2,1-3H3/t13-,14-,15+,16+,18-;12-,13-,14+,15+,17-/m11/s1. The minimum Gasteiger partial charge on any atom is -0.469 e. The number of esters is 1. The zero-order valence-electron chi connectivity index (χ0n) is 27.1. The lowest BCUT2D eigenvalue weighted by molar-refractivity contribution is -0.140. The molecular formula is C35H64O5. The highest BCUT2D eigenvalue weighted by molar-refractivity contribution is 5.68. The van der Waals surface area contributed by atoms with Crippen LogP contribution in [0.5, 0.6) is 0 Å². The lowest BCUT2D eigenvalue weighted by atomic mass is 9.61. The molecule has 5 heteroatoms. The quantitative estimate of drug-likeness (QED) is 0.237. The van der Waals surface area contributed by atoms with Gasteiger partial charge in [-0.3, -0.25) is 4.79 Å². The van der Waals surface area contributed by atoms with Crippen molar-refractivity contribution in [1.82, 2.24) is 0 Å². The Balaban J connectivity index is 0.000000220. The van der Waals surface area contributed by atoms with Crippen molar-refractivity contribution >= 4 is 5.97 Å². The highest BCUT2D eigenvalue weighted by atomic mass is 16.5. The predicted octanol–water partition coefficient (Wildman–Crippen LogP) is 7.68. The molecule has 4 aliphatic rings. The van der Waals surface area contributed by atoms with Gasteiger partial charge in [-0.2, -0.15) is 0 Å². The molecule has 0 radical (unpaired) electrons. The minimum atomic E-state index is -0.525. The Morgan fingerprint density at radius 1 is 0.825 bits per heavy atom. The third-order valence-electron chi connectivity index (χ3n) is 12.4. The molecule has 40 heavy (non-hydrogen) atoms. The van der Waals surface area contributed by atoms with Crippen LogP contribution in [0.25, 0.3) is 0 Å². The van der Waals surface area contributed by atoms with Crippen molar-refractivity contribution in [3.63, 3.8) is 0 Å². The summed E-state index contributed by atoms with van der Waals surface area (Å²) in [4.78, 5) is 11.2. The van der Waals surface area contributed by atoms with Gasteiger partial charge in [-0.05, 0) is 131 Å². The van der Waals surface area contributed by atoms with E-state index in [1.54, 1.807) is 0 Å². The van der Waals surface area contributed by atoms with Gasteiger partial charge in [0.05, 0.1) is 24.9 Å². The molecule has 4 rings (SSSR count). The lowest BCUT2D eigenvalue weighted by Gasteiger charge is -2.45. The van der Waals surface area contributed by atoms with Crippen molar-refractivity contribution in [2.24, 2.45) is 46.3 Å². The molecule has 0 spiro atoms. The molecular weight excluding hydrogens is 500 g/mol. The fourth-order valence-corrected chi connectivity index (χ4v) is 10.2. The number of aliphatic hydroxyl groups is 3. The van der Waals surface area contributed by atoms with E-state index in [-0.39, 0.29) is 18.2 Å². The molecule has 0 heterocycles. The van der Waals surface area contributed by atoms with E-state index in [0.717, 1.165) is 50.4 Å². The summed E-state index contributed by atoms with van der Waals surface area (Å²) in [5.74, 6) is 3.78. The van der Waals surface area contributed by atoms with Gasteiger partial charge in [0.15, 0.2) is 0 Å². The fraction of sp³-hybridized carbons (Fsp3) is 0.971. The first kappa shape index (κ1) is 33.8. The van der Waals surface area contributed by atoms with Crippen LogP contribution in [0.2, 0.25) is 0 Å². The van der Waals surface area contributed by atoms with Crippen LogP contribution >= 0.6 is 0 Å². The summed E-state index contributed by atoms with van der Waals surface area (Å²) in [5.41, 5.74) is 0.164. The van der Waals surface area contributed by atoms with Gasteiger partial charge in [-0.15, -0.1) is 0 Å². The monoisotopic (exact) mass is 564 g/mol. The van der Waals surface area contributed by atoms with Crippen LogP contribution in [0.15, 0.2) is 0 Å². The smallest absolute Gasteiger partial charge is 0.305 e. The van der Waals surface area contributed by atoms with E-state index in [1.165, 1.54) is 64.9 Å². The van der Waals surface area contributed by atoms with Crippen molar-refractivity contribution in [2.45, 2.75) is 162 Å². The predicted molar refractivity (Wildman–Crippen MR) is 163 cm³/mol. The summed E-state index contributed by atoms with van der Waals surface area (Å²) in [7, 11) is 1.46. The topological polar surface area (TPSA) is 87.0 Å². The average Bonchev–Trinajstić information content (AvgIpc) is 3.42. The Kier molecular flexibility index (Phi) is 12.0. The van der Waals surface area contributed by atoms with Crippen LogP contribution in [-0.4, -0.2) is 46.2 Å². The molecule has 3 N–H and O–H groups in total. The summed E-state index contributed by atoms with van der Waals surface area (Å²) in [6.45, 7) is 13.4. The van der Waals surface area contributed by atoms with E-state index in [4.69, 9.17) is 4.74 Å². The maximum absolute atomic E-state index is 11.2. The van der Waals surface area contributed by atoms with Crippen LogP contribution in [-0.2, 0) is 9.53 Å². The lowest BCUT2D eigenvalue weighted by Crippen LogP contribution is -2.41. The van der Waals surface area contributed by atoms with Gasteiger partial charge in [0, 0.05) is 6.42 Å². The van der Waals surface area contributed by atoms with E-state index in [1.807, 2.05) is 13.8 Å². The first-order chi connectivity index (χ1) is 18.7. The maximum Gasteiger partial charge on any atom is 0.305 e. The Morgan fingerprint density at radius 3 is 1.70 bits per heavy atom. The molecule has 234 valence electrons. The number of carbonyl (C=O) groups is 1. The van der Waals surface area contributed by atoms with Crippen molar-refractivity contribution in [1.29, 1.82) is 0 Å². The number of rotatable bonds is 10. The third kappa shape index (κ3) is 8.04. The van der Waals surface area contributed by atoms with Crippen LogP contribution in [0.4, 0.5) is 0 Å². The van der Waals surface area contributed by atoms with Gasteiger partial charge in [0.25, 0.3) is 0 Å². The largest absolute Gasteiger partial charge is 0.469 e. The average molecular weight is 565 g/mol. The number of hydrogen-bond donors (Lipinski definition) is 3. The van der Waals surface area contributed by atoms with E-state index >= 15 is 0 Å². The summed E-state index contributed by atoms with van der Waals surface area (Å²) in [5, 5.41) is 30.4. The second kappa shape index (κ2) is 14.2. The SMILES string of the molecule is COC(=O)CCC[C@@H](C)[C@H]1CC[C@H]2[C@@H](O)CCC[C@]12C.C[C@H](CCCC(C)(C)O)[C@H]1CC[C@H]2[C@@H](O)CCC[C@]12C. The second-order valence-corrected chi connectivity index (χ2v) is 15.6. The van der Waals surface area contributed by atoms with E-state index in [9.17, 15) is 20.1 Å². The summed E-state index contributed by atoms with van der Waals surface area (Å²) in [6.07, 6.45) is 17.5. The summed E-state index contributed by atoms with van der Waals surface area (Å²) in [6, 6.07) is 0. The number of hydrogen-bond acceptors (Lipinski definition) is 5. The van der Waals surface area contributed by atoms with Crippen LogP contribution in [0, 0.1) is 46.3 Å². The van der Waals surface area contributed by atoms with Crippen LogP contribution in [0.1, 0.15) is 144 Å². The van der Waals surface area contributed by atoms with Gasteiger partial charge in [0.2, 0.25) is 0 Å². The highest BCUT2D eigenvalue weighted by Gasteiger charge is 2.53. The maximum atomic E-state index is 11.2. The molecule has 0 amide bonds. The van der Waals surface area contributed by atoms with E-state index < -0.39 is 5.60 Å². The molecule has 0 saturated heterocycles. The highest BCUT2D eigenvalue weighted by Crippen LogP contribution is 2.59. The molecule has 0 aromatic rings. The number of carbonyl (C=O) groups excluding carboxylic acids is 1. The fourth-order valence-electron chi connectivity index (χ4n) is 10.2. The molecule has 0 bridgehead atoms. The van der Waals surface area contributed by atoms with E-state index in [0.29, 0.717) is 40.9 Å². The molecule has 4 saturated carbocycles. The number of aliphatic hydroxyl groups excluding tert-OH is 2. The molecule has 0 aromatic carbocycles. The number of fused-ring (bicyclic) bond motifs is 2. The van der Waals surface area contributed by atoms with E-state index in [2.05, 4.69) is 27.7 Å². The Labute approximate surface area is 246 Å². The van der Waals surface area contributed by atoms with Crippen molar-refractivity contribution in [3.05, 3.63) is 0 Å². The zero-order valence-corrected chi connectivity index (χ0v) is 27.1. The molecule has 0 aromatic heterocycles. The molecule has 4 fully saturated rings. The van der Waals surface area contributed by atoms with Crippen LogP contribution < -0.4 is 0 Å². The summed E-state index contributed by atoms with van der Waals surface area (Å²) >= 11 is 0. The van der Waals surface area contributed by atoms with Gasteiger partial charge >= 0.3 is 5.97 Å². The molecule has 0 aliphatic heterocycles. The third-order valence-corrected chi connectivity index (χ3v) is 12.4. The van der Waals surface area contributed by atoms with Gasteiger partial charge in [-0.1, -0.05) is 53.4 Å². The van der Waals surface area contributed by atoms with Gasteiger partial charge in [-0.25, -0.2) is 0 Å². The zero-order chi connectivity index (χ0) is 29.7. The normalized spacial score (nSPS) is 39.0. The molecule has 0 unspecified atom stereocenters. The van der Waals surface area contributed by atoms with Crippen molar-refractivity contribution in [3.8, 4) is 0 Å². The van der Waals surface area contributed by atoms with Crippen molar-refractivity contribution < 1.29 is 24.9 Å². The minimum absolute atomic E-state index is 0.0534. The van der Waals surface area contributed by atoms with Gasteiger partial charge in [0.1, 0.15) is 0 Å². The first-order valence-corrected chi connectivity index (χ1v) is 16.9. The molecule has 4 aliphatic carbocycles. The first-order valence-electron chi connectivity index (χ1n) is 16.9. The Morgan fingerprint density at radius 2 is 1.27 bits per heavy atom. The molecule has 10 atom stereocenters. The Bertz CT molecular complexity index is 791. The van der Waals surface area contributed by atoms with Gasteiger partial charge < -0.3 is 20.1 Å². The molecule has 5 nitrogen and oxygen atoms in total. The summed E-state index contributed by atoms with van der Waals surface area (Å²) < 4.78 is 4.71. The number of ether oxygens (including phenoxy) is 1. The van der Waals surface area contributed by atoms with Crippen molar-refractivity contribution in [2.75, 3.05) is 7.11 Å².